The Labute approximate surface area is 144 Å². The topological polar surface area (TPSA) is 55.8 Å². The number of hydrogen-bond acceptors (Lipinski definition) is 7. The van der Waals surface area contributed by atoms with E-state index in [4.69, 9.17) is 0 Å². The molecule has 1 aromatic rings. The molecule has 3 heterocycles. The van der Waals surface area contributed by atoms with Crippen LogP contribution in [0.2, 0.25) is 0 Å². The highest BCUT2D eigenvalue weighted by Gasteiger charge is 2.21. The first-order valence-electron chi connectivity index (χ1n) is 8.74. The normalized spacial score (nSPS) is 21.2. The Morgan fingerprint density at radius 1 is 1.00 bits per heavy atom. The Balaban J connectivity index is 1.62. The van der Waals surface area contributed by atoms with Crippen molar-refractivity contribution < 1.29 is 4.79 Å². The zero-order chi connectivity index (χ0) is 17.1. The van der Waals surface area contributed by atoms with Gasteiger partial charge < -0.3 is 14.7 Å². The van der Waals surface area contributed by atoms with Gasteiger partial charge in [-0.05, 0) is 21.0 Å². The van der Waals surface area contributed by atoms with Crippen LogP contribution in [0.3, 0.4) is 0 Å². The molecule has 2 fully saturated rings. The van der Waals surface area contributed by atoms with Gasteiger partial charge in [-0.25, -0.2) is 9.97 Å². The van der Waals surface area contributed by atoms with Gasteiger partial charge in [0.05, 0.1) is 17.8 Å². The van der Waals surface area contributed by atoms with Gasteiger partial charge in [0.1, 0.15) is 0 Å². The second kappa shape index (κ2) is 7.55. The molecule has 0 N–H and O–H groups in total. The molecule has 0 amide bonds. The number of likely N-dealkylation sites (N-methyl/N-ethyl adjacent to an activating group) is 2. The minimum absolute atomic E-state index is 0.127. The third-order valence-corrected chi connectivity index (χ3v) is 5.02. The van der Waals surface area contributed by atoms with Gasteiger partial charge in [0.2, 0.25) is 5.95 Å². The number of hydrogen-bond donors (Lipinski definition) is 0. The molecule has 132 valence electrons. The lowest BCUT2D eigenvalue weighted by Gasteiger charge is -2.33. The lowest BCUT2D eigenvalue weighted by atomic mass is 10.1. The number of aryl methyl sites for hydroxylation is 1. The van der Waals surface area contributed by atoms with Crippen molar-refractivity contribution in [2.45, 2.75) is 6.92 Å². The summed E-state index contributed by atoms with van der Waals surface area (Å²) in [6, 6.07) is 0. The maximum absolute atomic E-state index is 12.6. The lowest BCUT2D eigenvalue weighted by molar-refractivity contribution is 0.0875. The molecule has 2 aliphatic rings. The van der Waals surface area contributed by atoms with E-state index in [0.29, 0.717) is 12.1 Å². The predicted octanol–water partition coefficient (Wildman–Crippen LogP) is -0.0331. The molecule has 0 aromatic carbocycles. The molecule has 2 saturated heterocycles. The van der Waals surface area contributed by atoms with Gasteiger partial charge in [0.15, 0.2) is 5.78 Å². The van der Waals surface area contributed by atoms with E-state index in [9.17, 15) is 4.79 Å². The van der Waals surface area contributed by atoms with Crippen molar-refractivity contribution in [1.82, 2.24) is 24.7 Å². The van der Waals surface area contributed by atoms with Crippen molar-refractivity contribution in [3.63, 3.8) is 0 Å². The highest BCUT2D eigenvalue weighted by Crippen LogP contribution is 2.14. The van der Waals surface area contributed by atoms with Gasteiger partial charge in [0.25, 0.3) is 0 Å². The van der Waals surface area contributed by atoms with E-state index in [1.807, 2.05) is 6.92 Å². The van der Waals surface area contributed by atoms with Gasteiger partial charge in [-0.2, -0.15) is 0 Å². The van der Waals surface area contributed by atoms with Crippen LogP contribution in [0.5, 0.6) is 0 Å². The Morgan fingerprint density at radius 2 is 1.58 bits per heavy atom. The molecule has 0 unspecified atom stereocenters. The van der Waals surface area contributed by atoms with Crippen LogP contribution in [0.15, 0.2) is 6.20 Å². The summed E-state index contributed by atoms with van der Waals surface area (Å²) in [5, 5.41) is 0. The lowest BCUT2D eigenvalue weighted by Crippen LogP contribution is -2.46. The standard InChI is InChI=1S/C17H28N6O/c1-14-15(16(24)13-22-8-4-20(2)5-9-22)12-18-17(19-14)23-10-6-21(3)7-11-23/h12H,4-11,13H2,1-3H3. The minimum atomic E-state index is 0.127. The second-order valence-electron chi connectivity index (χ2n) is 6.96. The number of carbonyl (C=O) groups is 1. The molecule has 3 rings (SSSR count). The highest BCUT2D eigenvalue weighted by atomic mass is 16.1. The quantitative estimate of drug-likeness (QED) is 0.718. The minimum Gasteiger partial charge on any atom is -0.338 e. The molecule has 0 saturated carbocycles. The maximum Gasteiger partial charge on any atom is 0.225 e. The number of Topliss-reactive ketones (excluding diaryl/α,β-unsaturated/α-hetero) is 1. The summed E-state index contributed by atoms with van der Waals surface area (Å²) in [6.07, 6.45) is 1.72. The monoisotopic (exact) mass is 332 g/mol. The number of carbonyl (C=O) groups excluding carboxylic acids is 1. The van der Waals surface area contributed by atoms with Crippen LogP contribution in [-0.4, -0.2) is 103 Å². The Bertz CT molecular complexity index is 576. The summed E-state index contributed by atoms with van der Waals surface area (Å²) < 4.78 is 0. The maximum atomic E-state index is 12.6. The first kappa shape index (κ1) is 17.3. The third-order valence-electron chi connectivity index (χ3n) is 5.02. The van der Waals surface area contributed by atoms with Crippen LogP contribution in [0, 0.1) is 6.92 Å². The molecule has 24 heavy (non-hydrogen) atoms. The summed E-state index contributed by atoms with van der Waals surface area (Å²) in [5.74, 6) is 0.874. The van der Waals surface area contributed by atoms with E-state index in [-0.39, 0.29) is 5.78 Å². The van der Waals surface area contributed by atoms with E-state index in [1.165, 1.54) is 0 Å². The second-order valence-corrected chi connectivity index (χ2v) is 6.96. The molecule has 1 aromatic heterocycles. The van der Waals surface area contributed by atoms with Gasteiger partial charge in [-0.15, -0.1) is 0 Å². The van der Waals surface area contributed by atoms with E-state index < -0.39 is 0 Å². The first-order valence-corrected chi connectivity index (χ1v) is 8.74. The summed E-state index contributed by atoms with van der Waals surface area (Å²) in [4.78, 5) is 30.7. The SMILES string of the molecule is Cc1nc(N2CCN(C)CC2)ncc1C(=O)CN1CCN(C)CC1. The number of nitrogens with zero attached hydrogens (tertiary/aromatic N) is 6. The molecule has 0 spiro atoms. The Hall–Kier alpha value is -1.57. The van der Waals surface area contributed by atoms with Crippen LogP contribution in [0.25, 0.3) is 0 Å². The van der Waals surface area contributed by atoms with E-state index in [0.717, 1.165) is 64.0 Å². The van der Waals surface area contributed by atoms with Crippen molar-refractivity contribution in [2.75, 3.05) is 77.9 Å². The number of rotatable bonds is 4. The van der Waals surface area contributed by atoms with Crippen LogP contribution in [0.4, 0.5) is 5.95 Å². The average molecular weight is 332 g/mol. The summed E-state index contributed by atoms with van der Waals surface area (Å²) in [5.41, 5.74) is 1.45. The molecule has 7 heteroatoms. The van der Waals surface area contributed by atoms with Gasteiger partial charge in [-0.1, -0.05) is 0 Å². The molecular weight excluding hydrogens is 304 g/mol. The van der Waals surface area contributed by atoms with Crippen LogP contribution in [0.1, 0.15) is 16.1 Å². The van der Waals surface area contributed by atoms with Gasteiger partial charge >= 0.3 is 0 Å². The van der Waals surface area contributed by atoms with Gasteiger partial charge in [0, 0.05) is 58.6 Å². The first-order chi connectivity index (χ1) is 11.5. The molecular formula is C17H28N6O. The molecule has 2 aliphatic heterocycles. The molecule has 0 bridgehead atoms. The predicted molar refractivity (Wildman–Crippen MR) is 94.7 cm³/mol. The molecule has 0 radical (unpaired) electrons. The highest BCUT2D eigenvalue weighted by molar-refractivity contribution is 5.98. The van der Waals surface area contributed by atoms with Crippen molar-refractivity contribution in [3.8, 4) is 0 Å². The number of ketones is 1. The average Bonchev–Trinajstić information content (AvgIpc) is 2.57. The largest absolute Gasteiger partial charge is 0.338 e. The van der Waals surface area contributed by atoms with Crippen LogP contribution < -0.4 is 4.90 Å². The van der Waals surface area contributed by atoms with Crippen molar-refractivity contribution in [2.24, 2.45) is 0 Å². The Kier molecular flexibility index (Phi) is 5.43. The molecule has 0 atom stereocenters. The van der Waals surface area contributed by atoms with E-state index in [2.05, 4.69) is 43.7 Å². The van der Waals surface area contributed by atoms with Crippen molar-refractivity contribution in [1.29, 1.82) is 0 Å². The summed E-state index contributed by atoms with van der Waals surface area (Å²) >= 11 is 0. The Morgan fingerprint density at radius 3 is 2.17 bits per heavy atom. The summed E-state index contributed by atoms with van der Waals surface area (Å²) in [6.45, 7) is 10.2. The summed E-state index contributed by atoms with van der Waals surface area (Å²) in [7, 11) is 4.25. The number of anilines is 1. The van der Waals surface area contributed by atoms with E-state index in [1.54, 1.807) is 6.20 Å². The van der Waals surface area contributed by atoms with Crippen molar-refractivity contribution >= 4 is 11.7 Å². The fraction of sp³-hybridized carbons (Fsp3) is 0.706. The number of piperazine rings is 2. The number of aromatic nitrogens is 2. The zero-order valence-electron chi connectivity index (χ0n) is 15.0. The smallest absolute Gasteiger partial charge is 0.225 e. The fourth-order valence-corrected chi connectivity index (χ4v) is 3.18. The fourth-order valence-electron chi connectivity index (χ4n) is 3.18. The molecule has 7 nitrogen and oxygen atoms in total. The van der Waals surface area contributed by atoms with E-state index >= 15 is 0 Å². The van der Waals surface area contributed by atoms with Crippen LogP contribution in [-0.2, 0) is 0 Å². The molecule has 0 aliphatic carbocycles. The van der Waals surface area contributed by atoms with Gasteiger partial charge in [-0.3, -0.25) is 9.69 Å². The van der Waals surface area contributed by atoms with Crippen LogP contribution >= 0.6 is 0 Å². The van der Waals surface area contributed by atoms with Crippen molar-refractivity contribution in [3.05, 3.63) is 17.5 Å². The zero-order valence-corrected chi connectivity index (χ0v) is 15.0. The third kappa shape index (κ3) is 4.09.